The number of rotatable bonds is 6. The molecule has 0 radical (unpaired) electrons. The zero-order chi connectivity index (χ0) is 18.8. The summed E-state index contributed by atoms with van der Waals surface area (Å²) in [6.45, 7) is 2.16. The molecule has 2 heterocycles. The maximum atomic E-state index is 10.3. The number of hydrogen-bond donors (Lipinski definition) is 3. The van der Waals surface area contributed by atoms with E-state index < -0.39 is 6.10 Å². The first-order valence-corrected chi connectivity index (χ1v) is 8.95. The zero-order valence-corrected chi connectivity index (χ0v) is 15.6. The van der Waals surface area contributed by atoms with E-state index in [9.17, 15) is 10.2 Å². The molecule has 0 unspecified atom stereocenters. The minimum absolute atomic E-state index is 0.101. The van der Waals surface area contributed by atoms with Crippen molar-refractivity contribution in [2.45, 2.75) is 13.0 Å². The average Bonchev–Trinajstić information content (AvgIpc) is 3.19. The molecule has 1 aliphatic heterocycles. The summed E-state index contributed by atoms with van der Waals surface area (Å²) in [6, 6.07) is 5.53. The van der Waals surface area contributed by atoms with Crippen LogP contribution in [-0.2, 0) is 0 Å². The van der Waals surface area contributed by atoms with Crippen molar-refractivity contribution in [1.82, 2.24) is 9.88 Å². The maximum absolute atomic E-state index is 10.3. The fourth-order valence-corrected chi connectivity index (χ4v) is 3.75. The second-order valence-corrected chi connectivity index (χ2v) is 6.87. The number of aliphatic hydroxyl groups is 2. The van der Waals surface area contributed by atoms with Crippen LogP contribution in [0, 0.1) is 5.41 Å². The Hall–Kier alpha value is -2.58. The fraction of sp³-hybridized carbons (Fsp3) is 0.333. The number of nitrogens with one attached hydrogen (secondary N) is 1. The molecule has 1 aromatic heterocycles. The molecule has 0 spiro atoms. The minimum Gasteiger partial charge on any atom is -0.510 e. The molecular formula is C18H21N3O4S. The van der Waals surface area contributed by atoms with Gasteiger partial charge in [-0.3, -0.25) is 5.41 Å². The Balaban J connectivity index is 1.89. The van der Waals surface area contributed by atoms with Gasteiger partial charge in [-0.25, -0.2) is 4.98 Å². The zero-order valence-electron chi connectivity index (χ0n) is 14.8. The Morgan fingerprint density at radius 1 is 1.31 bits per heavy atom. The van der Waals surface area contributed by atoms with Crippen molar-refractivity contribution in [3.8, 4) is 22.8 Å². The van der Waals surface area contributed by atoms with Crippen molar-refractivity contribution in [2.24, 2.45) is 0 Å². The topological polar surface area (TPSA) is 98.9 Å². The summed E-state index contributed by atoms with van der Waals surface area (Å²) in [5, 5.41) is 30.6. The quantitative estimate of drug-likeness (QED) is 0.718. The molecule has 26 heavy (non-hydrogen) atoms. The van der Waals surface area contributed by atoms with Gasteiger partial charge in [0.1, 0.15) is 16.6 Å². The van der Waals surface area contributed by atoms with E-state index in [0.29, 0.717) is 28.6 Å². The van der Waals surface area contributed by atoms with Gasteiger partial charge in [-0.05, 0) is 25.1 Å². The molecule has 1 aromatic carbocycles. The number of benzene rings is 1. The predicted molar refractivity (Wildman–Crippen MR) is 101 cm³/mol. The molecule has 8 heteroatoms. The number of aliphatic hydroxyl groups excluding tert-OH is 2. The lowest BCUT2D eigenvalue weighted by Gasteiger charge is -2.19. The third-order valence-corrected chi connectivity index (χ3v) is 4.92. The van der Waals surface area contributed by atoms with Gasteiger partial charge >= 0.3 is 0 Å². The van der Waals surface area contributed by atoms with Crippen LogP contribution in [0.4, 0.5) is 0 Å². The van der Waals surface area contributed by atoms with E-state index in [1.165, 1.54) is 11.3 Å². The monoisotopic (exact) mass is 375 g/mol. The second-order valence-electron chi connectivity index (χ2n) is 6.01. The first-order chi connectivity index (χ1) is 12.4. The highest BCUT2D eigenvalue weighted by atomic mass is 32.1. The molecule has 0 bridgehead atoms. The van der Waals surface area contributed by atoms with E-state index in [1.54, 1.807) is 26.0 Å². The molecule has 0 saturated heterocycles. The van der Waals surface area contributed by atoms with Gasteiger partial charge in [0.15, 0.2) is 11.5 Å². The Labute approximate surface area is 155 Å². The molecule has 1 aliphatic rings. The predicted octanol–water partition coefficient (Wildman–Crippen LogP) is 2.77. The van der Waals surface area contributed by atoms with Crippen molar-refractivity contribution in [2.75, 3.05) is 27.3 Å². The Kier molecular flexibility index (Phi) is 5.15. The molecule has 0 amide bonds. The average molecular weight is 375 g/mol. The smallest absolute Gasteiger partial charge is 0.161 e. The van der Waals surface area contributed by atoms with E-state index in [4.69, 9.17) is 14.9 Å². The Bertz CT molecular complexity index is 860. The van der Waals surface area contributed by atoms with Gasteiger partial charge in [-0.2, -0.15) is 0 Å². The van der Waals surface area contributed by atoms with Gasteiger partial charge in [0, 0.05) is 17.5 Å². The standard InChI is InChI=1S/C18H21N3O4S/c1-10(22)7-21-8-13(23)16(17(21)19)18-20-12(9-26-18)11-4-5-14(24-2)15(6-11)25-3/h4-6,9-10,19,22-23H,7-8H2,1-3H3/t10-/m0/s1. The van der Waals surface area contributed by atoms with Gasteiger partial charge in [0.2, 0.25) is 0 Å². The number of β-amino-alcohol motifs (C(OH)–C–C–N with tert-alkyl or cyclic N) is 1. The van der Waals surface area contributed by atoms with Crippen LogP contribution in [0.25, 0.3) is 16.8 Å². The summed E-state index contributed by atoms with van der Waals surface area (Å²) in [5.41, 5.74) is 2.01. The lowest BCUT2D eigenvalue weighted by atomic mass is 10.1. The SMILES string of the molecule is COc1ccc(-c2csc(C3=C(O)CN(C[C@H](C)O)C3=N)n2)cc1OC. The van der Waals surface area contributed by atoms with E-state index in [1.807, 2.05) is 23.6 Å². The van der Waals surface area contributed by atoms with Gasteiger partial charge in [0.05, 0.1) is 38.1 Å². The van der Waals surface area contributed by atoms with Crippen LogP contribution in [-0.4, -0.2) is 59.3 Å². The number of hydrogen-bond acceptors (Lipinski definition) is 7. The summed E-state index contributed by atoms with van der Waals surface area (Å²) < 4.78 is 10.6. The van der Waals surface area contributed by atoms with Crippen LogP contribution >= 0.6 is 11.3 Å². The van der Waals surface area contributed by atoms with Crippen molar-refractivity contribution in [1.29, 1.82) is 5.41 Å². The van der Waals surface area contributed by atoms with Gasteiger partial charge in [-0.15, -0.1) is 11.3 Å². The maximum Gasteiger partial charge on any atom is 0.161 e. The van der Waals surface area contributed by atoms with Crippen LogP contribution in [0.15, 0.2) is 29.3 Å². The van der Waals surface area contributed by atoms with Crippen LogP contribution in [0.5, 0.6) is 11.5 Å². The molecule has 0 aliphatic carbocycles. The number of methoxy groups -OCH3 is 2. The van der Waals surface area contributed by atoms with Crippen LogP contribution in [0.3, 0.4) is 0 Å². The molecule has 0 fully saturated rings. The van der Waals surface area contributed by atoms with Gasteiger partial charge in [-0.1, -0.05) is 0 Å². The van der Waals surface area contributed by atoms with Crippen LogP contribution in [0.1, 0.15) is 11.9 Å². The minimum atomic E-state index is -0.582. The first kappa shape index (κ1) is 18.2. The molecule has 3 N–H and O–H groups in total. The third kappa shape index (κ3) is 3.38. The summed E-state index contributed by atoms with van der Waals surface area (Å²) in [5.74, 6) is 1.53. The lowest BCUT2D eigenvalue weighted by molar-refractivity contribution is 0.160. The highest BCUT2D eigenvalue weighted by Gasteiger charge is 2.30. The summed E-state index contributed by atoms with van der Waals surface area (Å²) in [4.78, 5) is 6.21. The summed E-state index contributed by atoms with van der Waals surface area (Å²) in [7, 11) is 3.16. The van der Waals surface area contributed by atoms with Crippen molar-refractivity contribution >= 4 is 22.7 Å². The van der Waals surface area contributed by atoms with Gasteiger partial charge in [0.25, 0.3) is 0 Å². The van der Waals surface area contributed by atoms with Crippen molar-refractivity contribution in [3.63, 3.8) is 0 Å². The summed E-state index contributed by atoms with van der Waals surface area (Å²) in [6.07, 6.45) is -0.582. The fourth-order valence-electron chi connectivity index (χ4n) is 2.85. The van der Waals surface area contributed by atoms with Crippen molar-refractivity contribution in [3.05, 3.63) is 34.3 Å². The molecule has 1 atom stereocenters. The molecule has 2 aromatic rings. The number of aromatic nitrogens is 1. The largest absolute Gasteiger partial charge is 0.510 e. The van der Waals surface area contributed by atoms with Crippen LogP contribution in [0.2, 0.25) is 0 Å². The van der Waals surface area contributed by atoms with E-state index in [0.717, 1.165) is 11.3 Å². The summed E-state index contributed by atoms with van der Waals surface area (Å²) >= 11 is 1.36. The van der Waals surface area contributed by atoms with E-state index in [2.05, 4.69) is 4.98 Å². The lowest BCUT2D eigenvalue weighted by Crippen LogP contribution is -2.33. The highest BCUT2D eigenvalue weighted by Crippen LogP contribution is 2.35. The normalized spacial score (nSPS) is 15.5. The number of ether oxygens (including phenoxy) is 2. The third-order valence-electron chi connectivity index (χ3n) is 4.06. The van der Waals surface area contributed by atoms with Crippen molar-refractivity contribution < 1.29 is 19.7 Å². The highest BCUT2D eigenvalue weighted by molar-refractivity contribution is 7.11. The molecule has 138 valence electrons. The Morgan fingerprint density at radius 3 is 2.69 bits per heavy atom. The number of thiazole rings is 1. The van der Waals surface area contributed by atoms with Crippen LogP contribution < -0.4 is 9.47 Å². The molecule has 0 saturated carbocycles. The van der Waals surface area contributed by atoms with Gasteiger partial charge < -0.3 is 24.6 Å². The molecule has 7 nitrogen and oxygen atoms in total. The van der Waals surface area contributed by atoms with E-state index in [-0.39, 0.29) is 18.1 Å². The Morgan fingerprint density at radius 2 is 2.04 bits per heavy atom. The molecule has 3 rings (SSSR count). The first-order valence-electron chi connectivity index (χ1n) is 8.07. The van der Waals surface area contributed by atoms with E-state index >= 15 is 0 Å². The molecular weight excluding hydrogens is 354 g/mol. The second kappa shape index (κ2) is 7.35. The number of nitrogens with zero attached hydrogens (tertiary/aromatic N) is 2. The number of amidine groups is 1.